The summed E-state index contributed by atoms with van der Waals surface area (Å²) in [5, 5.41) is 5.92. The van der Waals surface area contributed by atoms with Crippen LogP contribution in [0, 0.1) is 5.92 Å². The van der Waals surface area contributed by atoms with Crippen molar-refractivity contribution in [3.05, 3.63) is 20.8 Å². The molecule has 0 spiro atoms. The first-order valence-electron chi connectivity index (χ1n) is 7.01. The molecule has 2 heterocycles. The van der Waals surface area contributed by atoms with Gasteiger partial charge in [-0.3, -0.25) is 9.59 Å². The molecule has 7 heteroatoms. The van der Waals surface area contributed by atoms with Gasteiger partial charge >= 0.3 is 0 Å². The first-order valence-corrected chi connectivity index (χ1v) is 8.61. The smallest absolute Gasteiger partial charge is 0.262 e. The molecule has 116 valence electrons. The molecule has 2 atom stereocenters. The fourth-order valence-corrected chi connectivity index (χ4v) is 3.82. The Balaban J connectivity index is 1.87. The second kappa shape index (κ2) is 7.38. The first-order chi connectivity index (χ1) is 10.0. The zero-order valence-corrected chi connectivity index (χ0v) is 14.6. The maximum atomic E-state index is 12.4. The SMILES string of the molecule is CNCC1CCN(C(=O)C(C)NC(=O)c2ccc(Br)s2)C1. The summed E-state index contributed by atoms with van der Waals surface area (Å²) in [5.41, 5.74) is 0. The van der Waals surface area contributed by atoms with Crippen molar-refractivity contribution in [2.75, 3.05) is 26.7 Å². The highest BCUT2D eigenvalue weighted by Gasteiger charge is 2.29. The Labute approximate surface area is 137 Å². The fraction of sp³-hybridized carbons (Fsp3) is 0.571. The van der Waals surface area contributed by atoms with Gasteiger partial charge < -0.3 is 15.5 Å². The highest BCUT2D eigenvalue weighted by atomic mass is 79.9. The van der Waals surface area contributed by atoms with Crippen LogP contribution >= 0.6 is 27.3 Å². The molecule has 1 aliphatic heterocycles. The van der Waals surface area contributed by atoms with Gasteiger partial charge in [-0.05, 0) is 60.9 Å². The average molecular weight is 374 g/mol. The summed E-state index contributed by atoms with van der Waals surface area (Å²) in [4.78, 5) is 26.9. The lowest BCUT2D eigenvalue weighted by Gasteiger charge is -2.21. The molecule has 0 saturated carbocycles. The number of carbonyl (C=O) groups is 2. The number of nitrogens with zero attached hydrogens (tertiary/aromatic N) is 1. The van der Waals surface area contributed by atoms with Gasteiger partial charge in [-0.25, -0.2) is 0 Å². The summed E-state index contributed by atoms with van der Waals surface area (Å²) in [6.45, 7) is 4.21. The van der Waals surface area contributed by atoms with Crippen LogP contribution < -0.4 is 10.6 Å². The summed E-state index contributed by atoms with van der Waals surface area (Å²) in [7, 11) is 1.92. The number of thiophene rings is 1. The number of nitrogens with one attached hydrogen (secondary N) is 2. The molecule has 2 unspecified atom stereocenters. The summed E-state index contributed by atoms with van der Waals surface area (Å²) >= 11 is 4.69. The number of halogens is 1. The number of carbonyl (C=O) groups excluding carboxylic acids is 2. The molecule has 0 bridgehead atoms. The van der Waals surface area contributed by atoms with Gasteiger partial charge in [0.05, 0.1) is 8.66 Å². The average Bonchev–Trinajstić information content (AvgIpc) is 3.07. The van der Waals surface area contributed by atoms with Crippen molar-refractivity contribution in [2.24, 2.45) is 5.92 Å². The second-order valence-electron chi connectivity index (χ2n) is 5.30. The topological polar surface area (TPSA) is 61.4 Å². The zero-order valence-electron chi connectivity index (χ0n) is 12.2. The van der Waals surface area contributed by atoms with E-state index >= 15 is 0 Å². The van der Waals surface area contributed by atoms with Crippen molar-refractivity contribution in [3.8, 4) is 0 Å². The maximum absolute atomic E-state index is 12.4. The van der Waals surface area contributed by atoms with E-state index in [0.29, 0.717) is 10.8 Å². The van der Waals surface area contributed by atoms with Gasteiger partial charge in [-0.2, -0.15) is 0 Å². The van der Waals surface area contributed by atoms with Crippen LogP contribution in [0.25, 0.3) is 0 Å². The Morgan fingerprint density at radius 2 is 2.29 bits per heavy atom. The molecule has 1 aromatic rings. The predicted octanol–water partition coefficient (Wildman–Crippen LogP) is 1.70. The van der Waals surface area contributed by atoms with Crippen LogP contribution in [-0.2, 0) is 4.79 Å². The number of amides is 2. The van der Waals surface area contributed by atoms with Crippen LogP contribution in [0.15, 0.2) is 15.9 Å². The summed E-state index contributed by atoms with van der Waals surface area (Å²) < 4.78 is 0.904. The molecule has 2 rings (SSSR count). The Kier molecular flexibility index (Phi) is 5.78. The van der Waals surface area contributed by atoms with E-state index in [2.05, 4.69) is 26.6 Å². The molecule has 1 aliphatic rings. The molecule has 1 aromatic heterocycles. The van der Waals surface area contributed by atoms with Crippen LogP contribution in [0.5, 0.6) is 0 Å². The second-order valence-corrected chi connectivity index (χ2v) is 7.76. The van der Waals surface area contributed by atoms with Crippen molar-refractivity contribution in [1.29, 1.82) is 0 Å². The van der Waals surface area contributed by atoms with Crippen molar-refractivity contribution < 1.29 is 9.59 Å². The van der Waals surface area contributed by atoms with Gasteiger partial charge in [0.25, 0.3) is 5.91 Å². The van der Waals surface area contributed by atoms with E-state index in [1.54, 1.807) is 13.0 Å². The molecule has 1 saturated heterocycles. The normalized spacial score (nSPS) is 19.6. The number of hydrogen-bond donors (Lipinski definition) is 2. The summed E-state index contributed by atoms with van der Waals surface area (Å²) in [6, 6.07) is 3.08. The van der Waals surface area contributed by atoms with E-state index < -0.39 is 6.04 Å². The largest absolute Gasteiger partial charge is 0.341 e. The fourth-order valence-electron chi connectivity index (χ4n) is 2.53. The summed E-state index contributed by atoms with van der Waals surface area (Å²) in [5.74, 6) is 0.310. The van der Waals surface area contributed by atoms with Gasteiger partial charge in [0.1, 0.15) is 6.04 Å². The van der Waals surface area contributed by atoms with E-state index in [4.69, 9.17) is 0 Å². The first kappa shape index (κ1) is 16.5. The minimum Gasteiger partial charge on any atom is -0.341 e. The molecule has 1 fully saturated rings. The van der Waals surface area contributed by atoms with Crippen molar-refractivity contribution in [1.82, 2.24) is 15.5 Å². The quantitative estimate of drug-likeness (QED) is 0.825. The van der Waals surface area contributed by atoms with Crippen LogP contribution in [-0.4, -0.2) is 49.4 Å². The Bertz CT molecular complexity index is 520. The molecule has 2 N–H and O–H groups in total. The van der Waals surface area contributed by atoms with E-state index in [-0.39, 0.29) is 11.8 Å². The molecule has 0 aliphatic carbocycles. The van der Waals surface area contributed by atoms with E-state index in [9.17, 15) is 9.59 Å². The third-order valence-corrected chi connectivity index (χ3v) is 5.23. The predicted molar refractivity (Wildman–Crippen MR) is 87.6 cm³/mol. The van der Waals surface area contributed by atoms with Crippen LogP contribution in [0.3, 0.4) is 0 Å². The van der Waals surface area contributed by atoms with Crippen LogP contribution in [0.2, 0.25) is 0 Å². The van der Waals surface area contributed by atoms with E-state index in [0.717, 1.165) is 29.8 Å². The van der Waals surface area contributed by atoms with Crippen molar-refractivity contribution >= 4 is 39.1 Å². The third kappa shape index (κ3) is 4.28. The van der Waals surface area contributed by atoms with Gasteiger partial charge in [-0.15, -0.1) is 11.3 Å². The van der Waals surface area contributed by atoms with Gasteiger partial charge in [-0.1, -0.05) is 0 Å². The molecular weight excluding hydrogens is 354 g/mol. The minimum absolute atomic E-state index is 0.00225. The lowest BCUT2D eigenvalue weighted by Crippen LogP contribution is -2.46. The van der Waals surface area contributed by atoms with E-state index in [1.807, 2.05) is 18.0 Å². The van der Waals surface area contributed by atoms with Crippen LogP contribution in [0.4, 0.5) is 0 Å². The number of rotatable bonds is 5. The molecule has 0 aromatic carbocycles. The minimum atomic E-state index is -0.494. The van der Waals surface area contributed by atoms with Crippen LogP contribution in [0.1, 0.15) is 23.0 Å². The van der Waals surface area contributed by atoms with Gasteiger partial charge in [0.2, 0.25) is 5.91 Å². The number of likely N-dealkylation sites (tertiary alicyclic amines) is 1. The standard InChI is InChI=1S/C14H20BrN3O2S/c1-9(17-13(19)11-3-4-12(15)21-11)14(20)18-6-5-10(8-18)7-16-2/h3-4,9-10,16H,5-8H2,1-2H3,(H,17,19). The molecule has 21 heavy (non-hydrogen) atoms. The van der Waals surface area contributed by atoms with Crippen molar-refractivity contribution in [2.45, 2.75) is 19.4 Å². The highest BCUT2D eigenvalue weighted by molar-refractivity contribution is 9.11. The maximum Gasteiger partial charge on any atom is 0.262 e. The molecular formula is C14H20BrN3O2S. The zero-order chi connectivity index (χ0) is 15.4. The molecule has 0 radical (unpaired) electrons. The van der Waals surface area contributed by atoms with Crippen molar-refractivity contribution in [3.63, 3.8) is 0 Å². The molecule has 5 nitrogen and oxygen atoms in total. The highest BCUT2D eigenvalue weighted by Crippen LogP contribution is 2.22. The Hall–Kier alpha value is -0.920. The molecule has 2 amide bonds. The Morgan fingerprint density at radius 3 is 2.90 bits per heavy atom. The third-order valence-electron chi connectivity index (χ3n) is 3.61. The lowest BCUT2D eigenvalue weighted by molar-refractivity contribution is -0.131. The van der Waals surface area contributed by atoms with E-state index in [1.165, 1.54) is 11.3 Å². The monoisotopic (exact) mass is 373 g/mol. The number of hydrogen-bond acceptors (Lipinski definition) is 4. The van der Waals surface area contributed by atoms with Gasteiger partial charge in [0, 0.05) is 13.1 Å². The summed E-state index contributed by atoms with van der Waals surface area (Å²) in [6.07, 6.45) is 1.02. The van der Waals surface area contributed by atoms with Gasteiger partial charge in [0.15, 0.2) is 0 Å². The Morgan fingerprint density at radius 1 is 1.52 bits per heavy atom. The lowest BCUT2D eigenvalue weighted by atomic mass is 10.1.